The average molecular weight is 253 g/mol. The fourth-order valence-electron chi connectivity index (χ4n) is 1.74. The zero-order chi connectivity index (χ0) is 13.7. The van der Waals surface area contributed by atoms with Gasteiger partial charge in [0.1, 0.15) is 0 Å². The standard InChI is InChI=1S/C12H19N3O3/c1-15(6-9(16)7-18-2)11-4-3-8(13)5-10(11)12(14)17/h3-5,9,16H,6-7,13H2,1-2H3,(H2,14,17). The molecule has 0 aliphatic carbocycles. The number of aliphatic hydroxyl groups excluding tert-OH is 1. The maximum absolute atomic E-state index is 11.3. The highest BCUT2D eigenvalue weighted by Gasteiger charge is 2.15. The Labute approximate surface area is 106 Å². The van der Waals surface area contributed by atoms with Gasteiger partial charge in [-0.3, -0.25) is 4.79 Å². The molecule has 0 aromatic heterocycles. The van der Waals surface area contributed by atoms with Crippen LogP contribution in [0.5, 0.6) is 0 Å². The van der Waals surface area contributed by atoms with Crippen LogP contribution in [0.4, 0.5) is 11.4 Å². The summed E-state index contributed by atoms with van der Waals surface area (Å²) >= 11 is 0. The van der Waals surface area contributed by atoms with Crippen LogP contribution in [-0.4, -0.2) is 44.4 Å². The predicted octanol–water partition coefficient (Wildman–Crippen LogP) is -0.189. The van der Waals surface area contributed by atoms with Crippen LogP contribution >= 0.6 is 0 Å². The summed E-state index contributed by atoms with van der Waals surface area (Å²) in [7, 11) is 3.28. The number of anilines is 2. The summed E-state index contributed by atoms with van der Waals surface area (Å²) in [5.74, 6) is -0.551. The molecule has 0 saturated heterocycles. The van der Waals surface area contributed by atoms with Gasteiger partial charge in [-0.1, -0.05) is 0 Å². The maximum Gasteiger partial charge on any atom is 0.250 e. The average Bonchev–Trinajstić information content (AvgIpc) is 2.28. The zero-order valence-electron chi connectivity index (χ0n) is 10.6. The van der Waals surface area contributed by atoms with E-state index in [1.54, 1.807) is 24.1 Å². The van der Waals surface area contributed by atoms with E-state index in [0.717, 1.165) is 0 Å². The normalized spacial score (nSPS) is 12.2. The molecule has 0 bridgehead atoms. The molecule has 0 saturated carbocycles. The summed E-state index contributed by atoms with van der Waals surface area (Å²) in [4.78, 5) is 13.1. The van der Waals surface area contributed by atoms with Gasteiger partial charge in [-0.05, 0) is 18.2 Å². The van der Waals surface area contributed by atoms with Crippen molar-refractivity contribution >= 4 is 17.3 Å². The highest BCUT2D eigenvalue weighted by molar-refractivity contribution is 5.99. The topological polar surface area (TPSA) is 102 Å². The van der Waals surface area contributed by atoms with Gasteiger partial charge >= 0.3 is 0 Å². The molecule has 0 heterocycles. The molecule has 100 valence electrons. The Bertz CT molecular complexity index is 423. The van der Waals surface area contributed by atoms with Crippen molar-refractivity contribution in [1.29, 1.82) is 0 Å². The monoisotopic (exact) mass is 253 g/mol. The number of nitrogens with zero attached hydrogens (tertiary/aromatic N) is 1. The third-order valence-corrected chi connectivity index (χ3v) is 2.54. The van der Waals surface area contributed by atoms with Crippen molar-refractivity contribution in [2.24, 2.45) is 5.73 Å². The van der Waals surface area contributed by atoms with Gasteiger partial charge in [-0.2, -0.15) is 0 Å². The van der Waals surface area contributed by atoms with Crippen molar-refractivity contribution in [3.05, 3.63) is 23.8 Å². The molecule has 0 aliphatic heterocycles. The molecule has 1 aromatic rings. The second-order valence-corrected chi connectivity index (χ2v) is 4.13. The Morgan fingerprint density at radius 1 is 1.56 bits per heavy atom. The van der Waals surface area contributed by atoms with E-state index >= 15 is 0 Å². The van der Waals surface area contributed by atoms with Crippen molar-refractivity contribution in [3.8, 4) is 0 Å². The number of likely N-dealkylation sites (N-methyl/N-ethyl adjacent to an activating group) is 1. The molecule has 0 spiro atoms. The van der Waals surface area contributed by atoms with Crippen LogP contribution in [0.25, 0.3) is 0 Å². The second kappa shape index (κ2) is 6.23. The molecule has 1 rings (SSSR count). The number of aliphatic hydroxyl groups is 1. The van der Waals surface area contributed by atoms with Crippen LogP contribution < -0.4 is 16.4 Å². The van der Waals surface area contributed by atoms with Crippen molar-refractivity contribution in [3.63, 3.8) is 0 Å². The number of carbonyl (C=O) groups excluding carboxylic acids is 1. The first-order chi connectivity index (χ1) is 8.45. The molecule has 0 aliphatic rings. The summed E-state index contributed by atoms with van der Waals surface area (Å²) < 4.78 is 4.85. The van der Waals surface area contributed by atoms with E-state index in [4.69, 9.17) is 16.2 Å². The van der Waals surface area contributed by atoms with E-state index in [9.17, 15) is 9.90 Å². The highest BCUT2D eigenvalue weighted by Crippen LogP contribution is 2.22. The number of methoxy groups -OCH3 is 1. The lowest BCUT2D eigenvalue weighted by Gasteiger charge is -2.24. The zero-order valence-corrected chi connectivity index (χ0v) is 10.6. The number of hydrogen-bond acceptors (Lipinski definition) is 5. The third-order valence-electron chi connectivity index (χ3n) is 2.54. The van der Waals surface area contributed by atoms with Crippen LogP contribution in [0.1, 0.15) is 10.4 Å². The van der Waals surface area contributed by atoms with Crippen LogP contribution in [0.3, 0.4) is 0 Å². The van der Waals surface area contributed by atoms with E-state index in [2.05, 4.69) is 0 Å². The van der Waals surface area contributed by atoms with E-state index in [1.165, 1.54) is 13.2 Å². The Morgan fingerprint density at radius 3 is 2.78 bits per heavy atom. The molecule has 1 aromatic carbocycles. The minimum absolute atomic E-state index is 0.227. The summed E-state index contributed by atoms with van der Waals surface area (Å²) in [5.41, 5.74) is 12.4. The van der Waals surface area contributed by atoms with Gasteiger partial charge < -0.3 is 26.2 Å². The molecule has 6 heteroatoms. The number of rotatable bonds is 6. The maximum atomic E-state index is 11.3. The SMILES string of the molecule is COCC(O)CN(C)c1ccc(N)cc1C(N)=O. The highest BCUT2D eigenvalue weighted by atomic mass is 16.5. The first-order valence-electron chi connectivity index (χ1n) is 5.53. The van der Waals surface area contributed by atoms with Crippen LogP contribution in [0, 0.1) is 0 Å². The van der Waals surface area contributed by atoms with Gasteiger partial charge in [0, 0.05) is 32.1 Å². The fraction of sp³-hybridized carbons (Fsp3) is 0.417. The number of nitrogen functional groups attached to an aromatic ring is 1. The molecule has 0 radical (unpaired) electrons. The van der Waals surface area contributed by atoms with Crippen molar-refractivity contribution in [2.75, 3.05) is 37.9 Å². The van der Waals surface area contributed by atoms with E-state index < -0.39 is 12.0 Å². The molecule has 0 fully saturated rings. The number of ether oxygens (including phenoxy) is 1. The molecule has 1 atom stereocenters. The molecule has 18 heavy (non-hydrogen) atoms. The number of nitrogens with two attached hydrogens (primary N) is 2. The lowest BCUT2D eigenvalue weighted by molar-refractivity contribution is 0.0694. The Balaban J connectivity index is 2.91. The number of primary amides is 1. The van der Waals surface area contributed by atoms with Gasteiger partial charge in [0.2, 0.25) is 0 Å². The summed E-state index contributed by atoms with van der Waals surface area (Å²) in [5, 5.41) is 9.66. The molecule has 5 N–H and O–H groups in total. The molecule has 1 amide bonds. The Morgan fingerprint density at radius 2 is 2.22 bits per heavy atom. The minimum atomic E-state index is -0.640. The van der Waals surface area contributed by atoms with Gasteiger partial charge in [0.15, 0.2) is 0 Å². The predicted molar refractivity (Wildman–Crippen MR) is 70.5 cm³/mol. The van der Waals surface area contributed by atoms with Crippen LogP contribution in [-0.2, 0) is 4.74 Å². The molecule has 1 unspecified atom stereocenters. The number of benzene rings is 1. The summed E-state index contributed by atoms with van der Waals surface area (Å²) in [6.07, 6.45) is -0.640. The first kappa shape index (κ1) is 14.3. The van der Waals surface area contributed by atoms with Gasteiger partial charge in [-0.15, -0.1) is 0 Å². The van der Waals surface area contributed by atoms with Gasteiger partial charge in [0.05, 0.1) is 18.3 Å². The van der Waals surface area contributed by atoms with Crippen molar-refractivity contribution in [2.45, 2.75) is 6.10 Å². The van der Waals surface area contributed by atoms with Gasteiger partial charge in [0.25, 0.3) is 5.91 Å². The minimum Gasteiger partial charge on any atom is -0.399 e. The van der Waals surface area contributed by atoms with E-state index in [1.807, 2.05) is 0 Å². The summed E-state index contributed by atoms with van der Waals surface area (Å²) in [6, 6.07) is 4.91. The first-order valence-corrected chi connectivity index (χ1v) is 5.53. The molecule has 6 nitrogen and oxygen atoms in total. The third kappa shape index (κ3) is 3.61. The van der Waals surface area contributed by atoms with E-state index in [-0.39, 0.29) is 6.61 Å². The van der Waals surface area contributed by atoms with Crippen molar-refractivity contribution < 1.29 is 14.6 Å². The van der Waals surface area contributed by atoms with Crippen LogP contribution in [0.15, 0.2) is 18.2 Å². The molecular weight excluding hydrogens is 234 g/mol. The van der Waals surface area contributed by atoms with E-state index in [0.29, 0.717) is 23.5 Å². The Kier molecular flexibility index (Phi) is 4.94. The fourth-order valence-corrected chi connectivity index (χ4v) is 1.74. The smallest absolute Gasteiger partial charge is 0.250 e. The number of amides is 1. The molecular formula is C12H19N3O3. The largest absolute Gasteiger partial charge is 0.399 e. The summed E-state index contributed by atoms with van der Waals surface area (Å²) in [6.45, 7) is 0.559. The number of hydrogen-bond donors (Lipinski definition) is 3. The number of carbonyl (C=O) groups is 1. The lowest BCUT2D eigenvalue weighted by Crippen LogP contribution is -2.33. The van der Waals surface area contributed by atoms with Crippen molar-refractivity contribution in [1.82, 2.24) is 0 Å². The van der Waals surface area contributed by atoms with Gasteiger partial charge in [-0.25, -0.2) is 0 Å². The second-order valence-electron chi connectivity index (χ2n) is 4.13. The lowest BCUT2D eigenvalue weighted by atomic mass is 10.1. The quantitative estimate of drug-likeness (QED) is 0.610. The van der Waals surface area contributed by atoms with Crippen LogP contribution in [0.2, 0.25) is 0 Å². The Hall–Kier alpha value is -1.79.